The molecule has 3 aromatic carbocycles. The van der Waals surface area contributed by atoms with E-state index < -0.39 is 16.6 Å². The third-order valence-corrected chi connectivity index (χ3v) is 25.0. The van der Waals surface area contributed by atoms with Crippen LogP contribution in [0.1, 0.15) is 98.8 Å². The molecule has 2 fully saturated rings. The molecule has 2 aliphatic rings. The van der Waals surface area contributed by atoms with Crippen molar-refractivity contribution in [2.24, 2.45) is 5.92 Å². The second-order valence-electron chi connectivity index (χ2n) is 17.8. The molecule has 5 nitrogen and oxygen atoms in total. The highest BCUT2D eigenvalue weighted by Crippen LogP contribution is 2.51. The van der Waals surface area contributed by atoms with Gasteiger partial charge in [0, 0.05) is 18.1 Å². The average molecular weight is 809 g/mol. The van der Waals surface area contributed by atoms with Crippen LogP contribution in [0.25, 0.3) is 0 Å². The molecule has 0 unspecified atom stereocenters. The molecule has 0 aromatic heterocycles. The van der Waals surface area contributed by atoms with Gasteiger partial charge in [-0.2, -0.15) is 0 Å². The molecule has 0 bridgehead atoms. The molecule has 4 atom stereocenters. The topological polar surface area (TPSA) is 46.2 Å². The van der Waals surface area contributed by atoms with Gasteiger partial charge in [0.05, 0.1) is 30.0 Å². The predicted molar refractivity (Wildman–Crippen MR) is 237 cm³/mol. The largest absolute Gasteiger partial charge is 0.497 e. The molecule has 2 saturated heterocycles. The molecule has 2 heterocycles. The molecule has 0 aliphatic carbocycles. The van der Waals surface area contributed by atoms with E-state index in [1.54, 1.807) is 7.11 Å². The molecular weight excluding hydrogens is 741 g/mol. The summed E-state index contributed by atoms with van der Waals surface area (Å²) in [5.41, 5.74) is 1.05. The van der Waals surface area contributed by atoms with Gasteiger partial charge in [-0.3, -0.25) is 0 Å². The zero-order chi connectivity index (χ0) is 39.0. The summed E-state index contributed by atoms with van der Waals surface area (Å²) in [5, 5.41) is 2.71. The molecule has 5 rings (SSSR count). The molecule has 0 N–H and O–H groups in total. The van der Waals surface area contributed by atoms with E-state index in [-0.39, 0.29) is 38.6 Å². The van der Waals surface area contributed by atoms with Crippen LogP contribution < -0.4 is 15.1 Å². The lowest BCUT2D eigenvalue weighted by Gasteiger charge is -2.47. The van der Waals surface area contributed by atoms with Crippen molar-refractivity contribution in [3.05, 3.63) is 90.5 Å². The van der Waals surface area contributed by atoms with Crippen LogP contribution >= 0.6 is 23.5 Å². The first kappa shape index (κ1) is 43.6. The van der Waals surface area contributed by atoms with E-state index in [0.717, 1.165) is 43.4 Å². The van der Waals surface area contributed by atoms with Crippen molar-refractivity contribution in [1.29, 1.82) is 0 Å². The van der Waals surface area contributed by atoms with Crippen LogP contribution in [0.3, 0.4) is 0 Å². The summed E-state index contributed by atoms with van der Waals surface area (Å²) >= 11 is 4.38. The Hall–Kier alpha value is -1.57. The Morgan fingerprint density at radius 1 is 0.833 bits per heavy atom. The monoisotopic (exact) mass is 808 g/mol. The van der Waals surface area contributed by atoms with Crippen LogP contribution in [0.2, 0.25) is 23.2 Å². The first-order valence-corrected chi connectivity index (χ1v) is 27.0. The number of thioether (sulfide) groups is 2. The molecule has 298 valence electrons. The number of ether oxygens (including phenoxy) is 3. The Bertz CT molecular complexity index is 1510. The van der Waals surface area contributed by atoms with Crippen LogP contribution in [0, 0.1) is 5.92 Å². The Morgan fingerprint density at radius 2 is 1.43 bits per heavy atom. The van der Waals surface area contributed by atoms with E-state index in [0.29, 0.717) is 13.2 Å². The van der Waals surface area contributed by atoms with Gasteiger partial charge < -0.3 is 23.1 Å². The summed E-state index contributed by atoms with van der Waals surface area (Å²) in [6.07, 6.45) is 6.46. The Kier molecular flexibility index (Phi) is 15.2. The van der Waals surface area contributed by atoms with Gasteiger partial charge in [-0.05, 0) is 95.7 Å². The quantitative estimate of drug-likeness (QED) is 0.126. The molecule has 0 spiro atoms. The predicted octanol–water partition coefficient (Wildman–Crippen LogP) is 11.2. The number of hydrogen-bond acceptors (Lipinski definition) is 7. The standard InChI is InChI=1S/C45H68O5S2Si2/c1-11-35(33-48-54(44(5,6)7,39-21-14-12-15-22-39)40-23-16-13-17-24-40)41(50-53(9,10)43(2,3)4)32-45(51-30-19-31-52-45)29-18-20-38-34-47-42(49-38)36-25-27-37(46-8)28-26-36/h12-17,21-28,35,38,41-42H,11,18-20,29-34H2,1-10H3/t35-,38+,41-,42-/m1/s1. The highest BCUT2D eigenvalue weighted by atomic mass is 32.2. The van der Waals surface area contributed by atoms with E-state index in [9.17, 15) is 0 Å². The van der Waals surface area contributed by atoms with Gasteiger partial charge in [-0.15, -0.1) is 23.5 Å². The molecule has 9 heteroatoms. The normalized spacial score (nSPS) is 20.8. The Labute approximate surface area is 338 Å². The van der Waals surface area contributed by atoms with Crippen LogP contribution in [0.15, 0.2) is 84.9 Å². The fourth-order valence-corrected chi connectivity index (χ4v) is 17.2. The van der Waals surface area contributed by atoms with E-state index in [1.807, 2.05) is 24.3 Å². The highest BCUT2D eigenvalue weighted by molar-refractivity contribution is 8.18. The van der Waals surface area contributed by atoms with Crippen molar-refractivity contribution < 1.29 is 23.1 Å². The third kappa shape index (κ3) is 10.5. The van der Waals surface area contributed by atoms with Crippen molar-refractivity contribution in [3.63, 3.8) is 0 Å². The number of methoxy groups -OCH3 is 1. The Morgan fingerprint density at radius 3 is 1.94 bits per heavy atom. The lowest BCUT2D eigenvalue weighted by Crippen LogP contribution is -2.67. The van der Waals surface area contributed by atoms with Crippen LogP contribution in [-0.4, -0.2) is 64.8 Å². The van der Waals surface area contributed by atoms with Gasteiger partial charge >= 0.3 is 0 Å². The number of benzene rings is 3. The SMILES string of the molecule is CC[C@H](CO[Si](c1ccccc1)(c1ccccc1)C(C)(C)C)[C@@H](CC1(CCC[C@H]2CO[C@@H](c3ccc(OC)cc3)O2)SCCCS1)O[Si](C)(C)C(C)(C)C. The van der Waals surface area contributed by atoms with Gasteiger partial charge in [0.1, 0.15) is 5.75 Å². The zero-order valence-electron chi connectivity index (χ0n) is 34.8. The minimum absolute atomic E-state index is 0.0709. The third-order valence-electron chi connectivity index (χ3n) is 12.0. The van der Waals surface area contributed by atoms with Crippen molar-refractivity contribution >= 4 is 50.5 Å². The summed E-state index contributed by atoms with van der Waals surface area (Å²) in [4.78, 5) is 0. The second kappa shape index (κ2) is 18.8. The van der Waals surface area contributed by atoms with Crippen molar-refractivity contribution in [3.8, 4) is 5.75 Å². The highest BCUT2D eigenvalue weighted by Gasteiger charge is 2.51. The smallest absolute Gasteiger partial charge is 0.261 e. The molecule has 2 aliphatic heterocycles. The fraction of sp³-hybridized carbons (Fsp3) is 0.600. The lowest BCUT2D eigenvalue weighted by atomic mass is 9.94. The number of hydrogen-bond donors (Lipinski definition) is 0. The van der Waals surface area contributed by atoms with E-state index in [2.05, 4.69) is 146 Å². The maximum absolute atomic E-state index is 7.65. The molecule has 0 saturated carbocycles. The summed E-state index contributed by atoms with van der Waals surface area (Å²) in [5.74, 6) is 3.53. The Balaban J connectivity index is 1.38. The average Bonchev–Trinajstić information content (AvgIpc) is 3.62. The van der Waals surface area contributed by atoms with E-state index in [1.165, 1.54) is 28.3 Å². The lowest BCUT2D eigenvalue weighted by molar-refractivity contribution is -0.0614. The summed E-state index contributed by atoms with van der Waals surface area (Å²) in [6.45, 7) is 22.8. The van der Waals surface area contributed by atoms with Gasteiger partial charge in [-0.25, -0.2) is 0 Å². The first-order valence-electron chi connectivity index (χ1n) is 20.2. The minimum atomic E-state index is -2.70. The van der Waals surface area contributed by atoms with E-state index in [4.69, 9.17) is 23.1 Å². The van der Waals surface area contributed by atoms with Gasteiger partial charge in [-0.1, -0.05) is 121 Å². The fourth-order valence-electron chi connectivity index (χ4n) is 7.76. The first-order chi connectivity index (χ1) is 25.6. The second-order valence-corrected chi connectivity index (χ2v) is 30.1. The van der Waals surface area contributed by atoms with Gasteiger partial charge in [0.2, 0.25) is 0 Å². The molecule has 3 aromatic rings. The molecule has 0 amide bonds. The van der Waals surface area contributed by atoms with Crippen molar-refractivity contribution in [2.45, 2.75) is 133 Å². The van der Waals surface area contributed by atoms with Crippen LogP contribution in [0.4, 0.5) is 0 Å². The van der Waals surface area contributed by atoms with Crippen LogP contribution in [-0.2, 0) is 18.3 Å². The maximum atomic E-state index is 7.65. The zero-order valence-corrected chi connectivity index (χ0v) is 38.5. The summed E-state index contributed by atoms with van der Waals surface area (Å²) < 4.78 is 33.3. The molecule has 54 heavy (non-hydrogen) atoms. The van der Waals surface area contributed by atoms with Crippen molar-refractivity contribution in [2.75, 3.05) is 31.8 Å². The van der Waals surface area contributed by atoms with Crippen LogP contribution in [0.5, 0.6) is 5.75 Å². The number of rotatable bonds is 17. The maximum Gasteiger partial charge on any atom is 0.261 e. The van der Waals surface area contributed by atoms with Crippen molar-refractivity contribution in [1.82, 2.24) is 0 Å². The van der Waals surface area contributed by atoms with Gasteiger partial charge in [0.15, 0.2) is 14.6 Å². The molecule has 0 radical (unpaired) electrons. The minimum Gasteiger partial charge on any atom is -0.497 e. The summed E-state index contributed by atoms with van der Waals surface area (Å²) in [7, 11) is -3.12. The van der Waals surface area contributed by atoms with E-state index >= 15 is 0 Å². The van der Waals surface area contributed by atoms with Gasteiger partial charge in [0.25, 0.3) is 8.32 Å². The summed E-state index contributed by atoms with van der Waals surface area (Å²) in [6, 6.07) is 30.2. The molecular formula is C45H68O5S2Si2.